The van der Waals surface area contributed by atoms with Gasteiger partial charge in [-0.1, -0.05) is 41.1 Å². The Balaban J connectivity index is 1.50. The van der Waals surface area contributed by atoms with Crippen molar-refractivity contribution < 1.29 is 0 Å². The van der Waals surface area contributed by atoms with Gasteiger partial charge in [0.1, 0.15) is 5.69 Å². The highest BCUT2D eigenvalue weighted by molar-refractivity contribution is 9.10. The molecule has 0 aliphatic rings. The summed E-state index contributed by atoms with van der Waals surface area (Å²) in [5.41, 5.74) is 2.83. The van der Waals surface area contributed by atoms with Gasteiger partial charge in [0.2, 0.25) is 5.13 Å². The Morgan fingerprint density at radius 3 is 2.74 bits per heavy atom. The summed E-state index contributed by atoms with van der Waals surface area (Å²) in [6.07, 6.45) is 1.90. The van der Waals surface area contributed by atoms with E-state index in [9.17, 15) is 0 Å². The molecule has 0 fully saturated rings. The second-order valence-electron chi connectivity index (χ2n) is 5.90. The second-order valence-corrected chi connectivity index (χ2v) is 8.08. The van der Waals surface area contributed by atoms with Crippen molar-refractivity contribution in [2.75, 3.05) is 5.32 Å². The van der Waals surface area contributed by atoms with Gasteiger partial charge in [-0.25, -0.2) is 0 Å². The fraction of sp³-hybridized carbons (Fsp3) is 0.176. The molecule has 27 heavy (non-hydrogen) atoms. The molecule has 0 aliphatic carbocycles. The van der Waals surface area contributed by atoms with Crippen molar-refractivity contribution in [2.45, 2.75) is 13.5 Å². The van der Waals surface area contributed by atoms with E-state index in [-0.39, 0.29) is 0 Å². The van der Waals surface area contributed by atoms with Crippen molar-refractivity contribution in [3.8, 4) is 10.7 Å². The maximum absolute atomic E-state index is 6.21. The van der Waals surface area contributed by atoms with Crippen LogP contribution in [-0.2, 0) is 13.6 Å². The molecule has 0 radical (unpaired) electrons. The van der Waals surface area contributed by atoms with Crippen LogP contribution >= 0.6 is 38.9 Å². The van der Waals surface area contributed by atoms with Crippen molar-refractivity contribution in [3.05, 3.63) is 57.3 Å². The third-order valence-corrected chi connectivity index (χ3v) is 6.11. The van der Waals surface area contributed by atoms with Crippen LogP contribution in [0.5, 0.6) is 0 Å². The summed E-state index contributed by atoms with van der Waals surface area (Å²) < 4.78 is 4.55. The standard InChI is InChI=1S/C17H15BrClN7S/c1-10-14(18)15(25(2)23-10)16-21-22-17(27-16)20-13-7-8-26(24-13)9-11-5-3-4-6-12(11)19/h3-8H,9H2,1-2H3,(H,20,22,24). The van der Waals surface area contributed by atoms with Gasteiger partial charge in [-0.05, 0) is 34.5 Å². The first-order chi connectivity index (χ1) is 13.0. The average Bonchev–Trinajstić information content (AvgIpc) is 3.32. The minimum absolute atomic E-state index is 0.601. The first-order valence-electron chi connectivity index (χ1n) is 8.08. The summed E-state index contributed by atoms with van der Waals surface area (Å²) >= 11 is 11.2. The quantitative estimate of drug-likeness (QED) is 0.465. The van der Waals surface area contributed by atoms with Crippen LogP contribution in [-0.4, -0.2) is 29.8 Å². The molecular formula is C17H15BrClN7S. The SMILES string of the molecule is Cc1nn(C)c(-c2nnc(Nc3ccn(Cc4ccccc4Cl)n3)s2)c1Br. The topological polar surface area (TPSA) is 73.5 Å². The van der Waals surface area contributed by atoms with Gasteiger partial charge in [-0.2, -0.15) is 10.2 Å². The molecule has 1 N–H and O–H groups in total. The molecule has 0 atom stereocenters. The van der Waals surface area contributed by atoms with Crippen LogP contribution in [0.4, 0.5) is 10.9 Å². The zero-order chi connectivity index (χ0) is 19.0. The minimum atomic E-state index is 0.601. The first kappa shape index (κ1) is 18.1. The van der Waals surface area contributed by atoms with Gasteiger partial charge in [0.05, 0.1) is 16.7 Å². The van der Waals surface area contributed by atoms with Crippen LogP contribution in [0.1, 0.15) is 11.3 Å². The van der Waals surface area contributed by atoms with Crippen molar-refractivity contribution in [1.29, 1.82) is 0 Å². The minimum Gasteiger partial charge on any atom is -0.313 e. The van der Waals surface area contributed by atoms with E-state index in [1.807, 2.05) is 55.2 Å². The number of nitrogens with zero attached hydrogens (tertiary/aromatic N) is 6. The molecule has 0 saturated heterocycles. The zero-order valence-electron chi connectivity index (χ0n) is 14.5. The summed E-state index contributed by atoms with van der Waals surface area (Å²) in [5, 5.41) is 22.8. The number of halogens is 2. The van der Waals surface area contributed by atoms with E-state index in [1.54, 1.807) is 4.68 Å². The van der Waals surface area contributed by atoms with Gasteiger partial charge in [0.25, 0.3) is 0 Å². The summed E-state index contributed by atoms with van der Waals surface area (Å²) in [6, 6.07) is 9.63. The fourth-order valence-corrected chi connectivity index (χ4v) is 4.34. The van der Waals surface area contributed by atoms with Crippen molar-refractivity contribution >= 4 is 49.8 Å². The Hall–Kier alpha value is -2.23. The van der Waals surface area contributed by atoms with Crippen LogP contribution in [0.15, 0.2) is 41.0 Å². The molecule has 0 spiro atoms. The summed E-state index contributed by atoms with van der Waals surface area (Å²) in [5.74, 6) is 0.699. The second kappa shape index (κ2) is 7.41. The molecule has 7 nitrogen and oxygen atoms in total. The van der Waals surface area contributed by atoms with E-state index in [0.29, 0.717) is 17.5 Å². The number of hydrogen-bond acceptors (Lipinski definition) is 6. The Kier molecular flexibility index (Phi) is 4.98. The van der Waals surface area contributed by atoms with E-state index in [4.69, 9.17) is 11.6 Å². The molecular weight excluding hydrogens is 450 g/mol. The van der Waals surface area contributed by atoms with E-state index >= 15 is 0 Å². The summed E-state index contributed by atoms with van der Waals surface area (Å²) in [7, 11) is 1.89. The van der Waals surface area contributed by atoms with E-state index < -0.39 is 0 Å². The highest BCUT2D eigenvalue weighted by Crippen LogP contribution is 2.34. The molecule has 1 aromatic carbocycles. The summed E-state index contributed by atoms with van der Waals surface area (Å²) in [6.45, 7) is 2.55. The molecule has 10 heteroatoms. The van der Waals surface area contributed by atoms with Crippen LogP contribution in [0.25, 0.3) is 10.7 Å². The maximum atomic E-state index is 6.21. The Labute approximate surface area is 173 Å². The number of benzene rings is 1. The average molecular weight is 465 g/mol. The number of nitrogens with one attached hydrogen (secondary N) is 1. The van der Waals surface area contributed by atoms with Gasteiger partial charge in [-0.3, -0.25) is 9.36 Å². The van der Waals surface area contributed by atoms with Crippen LogP contribution in [0.2, 0.25) is 5.02 Å². The number of aryl methyl sites for hydroxylation is 2. The van der Waals surface area contributed by atoms with Crippen LogP contribution < -0.4 is 5.32 Å². The molecule has 4 rings (SSSR count). The van der Waals surface area contributed by atoms with E-state index in [1.165, 1.54) is 11.3 Å². The smallest absolute Gasteiger partial charge is 0.211 e. The van der Waals surface area contributed by atoms with Crippen molar-refractivity contribution in [3.63, 3.8) is 0 Å². The van der Waals surface area contributed by atoms with E-state index in [2.05, 4.69) is 41.6 Å². The predicted molar refractivity (Wildman–Crippen MR) is 111 cm³/mol. The molecule has 0 aliphatic heterocycles. The third kappa shape index (κ3) is 3.76. The third-order valence-electron chi connectivity index (χ3n) is 3.94. The van der Waals surface area contributed by atoms with Gasteiger partial charge >= 0.3 is 0 Å². The highest BCUT2D eigenvalue weighted by Gasteiger charge is 2.17. The van der Waals surface area contributed by atoms with Crippen LogP contribution in [0, 0.1) is 6.92 Å². The Morgan fingerprint density at radius 1 is 1.19 bits per heavy atom. The number of aromatic nitrogens is 6. The lowest BCUT2D eigenvalue weighted by molar-refractivity contribution is 0.690. The fourth-order valence-electron chi connectivity index (χ4n) is 2.66. The molecule has 4 aromatic rings. The molecule has 0 unspecified atom stereocenters. The monoisotopic (exact) mass is 463 g/mol. The lowest BCUT2D eigenvalue weighted by Gasteiger charge is -2.04. The van der Waals surface area contributed by atoms with Crippen molar-refractivity contribution in [2.24, 2.45) is 7.05 Å². The zero-order valence-corrected chi connectivity index (χ0v) is 17.7. The molecule has 0 bridgehead atoms. The largest absolute Gasteiger partial charge is 0.313 e. The predicted octanol–water partition coefficient (Wildman–Crippen LogP) is 4.65. The normalized spacial score (nSPS) is 11.1. The van der Waals surface area contributed by atoms with E-state index in [0.717, 1.165) is 31.5 Å². The lowest BCUT2D eigenvalue weighted by atomic mass is 10.2. The molecule has 3 aromatic heterocycles. The Morgan fingerprint density at radius 2 is 2.00 bits per heavy atom. The molecule has 3 heterocycles. The van der Waals surface area contributed by atoms with Crippen LogP contribution in [0.3, 0.4) is 0 Å². The molecule has 138 valence electrons. The van der Waals surface area contributed by atoms with Crippen molar-refractivity contribution in [1.82, 2.24) is 29.8 Å². The van der Waals surface area contributed by atoms with Gasteiger partial charge < -0.3 is 5.32 Å². The van der Waals surface area contributed by atoms with Gasteiger partial charge in [0.15, 0.2) is 10.8 Å². The maximum Gasteiger partial charge on any atom is 0.211 e. The molecule has 0 saturated carbocycles. The first-order valence-corrected chi connectivity index (χ1v) is 10.1. The lowest BCUT2D eigenvalue weighted by Crippen LogP contribution is -2.01. The Bertz CT molecular complexity index is 1100. The van der Waals surface area contributed by atoms with Gasteiger partial charge in [0, 0.05) is 24.3 Å². The number of rotatable bonds is 5. The van der Waals surface area contributed by atoms with Gasteiger partial charge in [-0.15, -0.1) is 10.2 Å². The highest BCUT2D eigenvalue weighted by atomic mass is 79.9. The number of anilines is 2. The summed E-state index contributed by atoms with van der Waals surface area (Å²) in [4.78, 5) is 0. The molecule has 0 amide bonds. The number of hydrogen-bond donors (Lipinski definition) is 1.